The van der Waals surface area contributed by atoms with Crippen LogP contribution in [0.15, 0.2) is 6.07 Å². The first-order chi connectivity index (χ1) is 8.65. The van der Waals surface area contributed by atoms with Crippen molar-refractivity contribution in [1.29, 1.82) is 0 Å². The third-order valence-corrected chi connectivity index (χ3v) is 2.49. The summed E-state index contributed by atoms with van der Waals surface area (Å²) in [6.07, 6.45) is 2.69. The number of hydrogen-bond acceptors (Lipinski definition) is 6. The highest BCUT2D eigenvalue weighted by atomic mass is 16.2. The highest BCUT2D eigenvalue weighted by Gasteiger charge is 2.05. The molecule has 1 aromatic rings. The minimum atomic E-state index is 0.210. The van der Waals surface area contributed by atoms with Crippen LogP contribution in [0, 0.1) is 0 Å². The lowest BCUT2D eigenvalue weighted by Crippen LogP contribution is -2.17. The lowest BCUT2D eigenvalue weighted by molar-refractivity contribution is 0.282. The Morgan fingerprint density at radius 1 is 1.39 bits per heavy atom. The Labute approximate surface area is 108 Å². The summed E-state index contributed by atoms with van der Waals surface area (Å²) in [6, 6.07) is 2.09. The highest BCUT2D eigenvalue weighted by molar-refractivity contribution is 5.51. The number of nitrogens with two attached hydrogens (primary N) is 1. The number of aliphatic hydroxyl groups is 1. The van der Waals surface area contributed by atoms with Crippen LogP contribution in [0.4, 0.5) is 17.6 Å². The fourth-order valence-electron chi connectivity index (χ4n) is 1.61. The molecule has 0 fully saturated rings. The second kappa shape index (κ2) is 7.71. The molecule has 5 N–H and O–H groups in total. The molecule has 1 atom stereocenters. The monoisotopic (exact) mass is 253 g/mol. The molecule has 1 rings (SSSR count). The molecule has 0 aliphatic carbocycles. The van der Waals surface area contributed by atoms with Gasteiger partial charge in [0.1, 0.15) is 11.6 Å². The molecule has 6 heteroatoms. The Bertz CT molecular complexity index is 358. The van der Waals surface area contributed by atoms with Crippen LogP contribution in [0.25, 0.3) is 0 Å². The van der Waals surface area contributed by atoms with Gasteiger partial charge in [-0.3, -0.25) is 0 Å². The highest BCUT2D eigenvalue weighted by Crippen LogP contribution is 2.14. The van der Waals surface area contributed by atoms with Crippen molar-refractivity contribution in [2.24, 2.45) is 0 Å². The van der Waals surface area contributed by atoms with E-state index >= 15 is 0 Å². The Kier molecular flexibility index (Phi) is 6.21. The van der Waals surface area contributed by atoms with Gasteiger partial charge in [0.25, 0.3) is 0 Å². The van der Waals surface area contributed by atoms with E-state index in [4.69, 9.17) is 10.8 Å². The van der Waals surface area contributed by atoms with E-state index < -0.39 is 0 Å². The standard InChI is InChI=1S/C12H23N5O/c1-3-6-14-10-8-11(17-12(13)16-10)15-9(2)5-4-7-18/h8-9,18H,3-7H2,1-2H3,(H4,13,14,15,16,17). The maximum Gasteiger partial charge on any atom is 0.223 e. The van der Waals surface area contributed by atoms with Crippen LogP contribution >= 0.6 is 0 Å². The number of nitrogens with one attached hydrogen (secondary N) is 2. The summed E-state index contributed by atoms with van der Waals surface area (Å²) in [4.78, 5) is 8.26. The number of aromatic nitrogens is 2. The van der Waals surface area contributed by atoms with Gasteiger partial charge in [-0.15, -0.1) is 0 Å². The molecule has 1 unspecified atom stereocenters. The van der Waals surface area contributed by atoms with Crippen molar-refractivity contribution in [3.8, 4) is 0 Å². The van der Waals surface area contributed by atoms with Crippen LogP contribution in [-0.2, 0) is 0 Å². The molecule has 18 heavy (non-hydrogen) atoms. The minimum absolute atomic E-state index is 0.210. The first kappa shape index (κ1) is 14.5. The smallest absolute Gasteiger partial charge is 0.223 e. The van der Waals surface area contributed by atoms with Crippen LogP contribution in [0.1, 0.15) is 33.1 Å². The zero-order valence-corrected chi connectivity index (χ0v) is 11.1. The predicted octanol–water partition coefficient (Wildman–Crippen LogP) is 1.45. The average molecular weight is 253 g/mol. The molecule has 102 valence electrons. The molecule has 0 radical (unpaired) electrons. The first-order valence-corrected chi connectivity index (χ1v) is 6.41. The predicted molar refractivity (Wildman–Crippen MR) is 74.6 cm³/mol. The van der Waals surface area contributed by atoms with Gasteiger partial charge in [-0.25, -0.2) is 0 Å². The van der Waals surface area contributed by atoms with Gasteiger partial charge in [0, 0.05) is 25.3 Å². The zero-order chi connectivity index (χ0) is 13.4. The van der Waals surface area contributed by atoms with Gasteiger partial charge in [-0.2, -0.15) is 9.97 Å². The Balaban J connectivity index is 2.61. The van der Waals surface area contributed by atoms with E-state index in [1.807, 2.05) is 13.0 Å². The van der Waals surface area contributed by atoms with Crippen molar-refractivity contribution >= 4 is 17.6 Å². The zero-order valence-electron chi connectivity index (χ0n) is 11.1. The van der Waals surface area contributed by atoms with Gasteiger partial charge in [-0.1, -0.05) is 6.92 Å². The SMILES string of the molecule is CCCNc1cc(NC(C)CCCO)nc(N)n1. The van der Waals surface area contributed by atoms with Crippen LogP contribution in [-0.4, -0.2) is 34.3 Å². The van der Waals surface area contributed by atoms with Gasteiger partial charge in [-0.05, 0) is 26.2 Å². The molecule has 0 spiro atoms. The Hall–Kier alpha value is -1.56. The fraction of sp³-hybridized carbons (Fsp3) is 0.667. The van der Waals surface area contributed by atoms with Crippen LogP contribution in [0.5, 0.6) is 0 Å². The normalized spacial score (nSPS) is 12.2. The molecule has 1 heterocycles. The summed E-state index contributed by atoms with van der Waals surface area (Å²) in [6.45, 7) is 5.21. The van der Waals surface area contributed by atoms with Crippen molar-refractivity contribution in [2.75, 3.05) is 29.5 Å². The maximum absolute atomic E-state index is 8.78. The molecule has 6 nitrogen and oxygen atoms in total. The lowest BCUT2D eigenvalue weighted by Gasteiger charge is -2.15. The molecular weight excluding hydrogens is 230 g/mol. The third kappa shape index (κ3) is 5.18. The van der Waals surface area contributed by atoms with E-state index in [2.05, 4.69) is 27.5 Å². The molecule has 0 aromatic carbocycles. The number of rotatable bonds is 8. The molecule has 0 amide bonds. The molecular formula is C12H23N5O. The van der Waals surface area contributed by atoms with Crippen molar-refractivity contribution < 1.29 is 5.11 Å². The van der Waals surface area contributed by atoms with Gasteiger partial charge < -0.3 is 21.5 Å². The summed E-state index contributed by atoms with van der Waals surface area (Å²) >= 11 is 0. The van der Waals surface area contributed by atoms with E-state index in [-0.39, 0.29) is 18.6 Å². The number of hydrogen-bond donors (Lipinski definition) is 4. The number of aliphatic hydroxyl groups excluding tert-OH is 1. The average Bonchev–Trinajstić information content (AvgIpc) is 2.33. The van der Waals surface area contributed by atoms with Crippen molar-refractivity contribution in [3.63, 3.8) is 0 Å². The molecule has 0 bridgehead atoms. The van der Waals surface area contributed by atoms with Gasteiger partial charge in [0.05, 0.1) is 0 Å². The van der Waals surface area contributed by atoms with Gasteiger partial charge in [0.15, 0.2) is 0 Å². The summed E-state index contributed by atoms with van der Waals surface area (Å²) in [5.41, 5.74) is 5.66. The molecule has 0 aliphatic heterocycles. The Morgan fingerprint density at radius 3 is 2.78 bits per heavy atom. The fourth-order valence-corrected chi connectivity index (χ4v) is 1.61. The molecule has 0 saturated carbocycles. The first-order valence-electron chi connectivity index (χ1n) is 6.41. The van der Waals surface area contributed by atoms with Gasteiger partial charge >= 0.3 is 0 Å². The molecule has 1 aromatic heterocycles. The second-order valence-electron chi connectivity index (χ2n) is 4.33. The van der Waals surface area contributed by atoms with E-state index in [1.165, 1.54) is 0 Å². The van der Waals surface area contributed by atoms with E-state index in [0.717, 1.165) is 31.6 Å². The summed E-state index contributed by atoms with van der Waals surface area (Å²) < 4.78 is 0. The largest absolute Gasteiger partial charge is 0.396 e. The number of nitrogens with zero attached hydrogens (tertiary/aromatic N) is 2. The second-order valence-corrected chi connectivity index (χ2v) is 4.33. The lowest BCUT2D eigenvalue weighted by atomic mass is 10.2. The quantitative estimate of drug-likeness (QED) is 0.560. The summed E-state index contributed by atoms with van der Waals surface area (Å²) in [5.74, 6) is 1.71. The maximum atomic E-state index is 8.78. The third-order valence-electron chi connectivity index (χ3n) is 2.49. The molecule has 0 saturated heterocycles. The number of nitrogen functional groups attached to an aromatic ring is 1. The van der Waals surface area contributed by atoms with E-state index in [1.54, 1.807) is 0 Å². The van der Waals surface area contributed by atoms with E-state index in [0.29, 0.717) is 5.82 Å². The van der Waals surface area contributed by atoms with Crippen molar-refractivity contribution in [1.82, 2.24) is 9.97 Å². The van der Waals surface area contributed by atoms with E-state index in [9.17, 15) is 0 Å². The van der Waals surface area contributed by atoms with Crippen LogP contribution < -0.4 is 16.4 Å². The topological polar surface area (TPSA) is 96.1 Å². The van der Waals surface area contributed by atoms with Crippen LogP contribution in [0.2, 0.25) is 0 Å². The van der Waals surface area contributed by atoms with Crippen molar-refractivity contribution in [2.45, 2.75) is 39.2 Å². The Morgan fingerprint density at radius 2 is 2.11 bits per heavy atom. The van der Waals surface area contributed by atoms with Crippen LogP contribution in [0.3, 0.4) is 0 Å². The summed E-state index contributed by atoms with van der Waals surface area (Å²) in [5, 5.41) is 15.2. The summed E-state index contributed by atoms with van der Waals surface area (Å²) in [7, 11) is 0. The minimum Gasteiger partial charge on any atom is -0.396 e. The van der Waals surface area contributed by atoms with Gasteiger partial charge in [0.2, 0.25) is 5.95 Å². The molecule has 0 aliphatic rings. The number of anilines is 3. The van der Waals surface area contributed by atoms with Crippen molar-refractivity contribution in [3.05, 3.63) is 6.07 Å².